The van der Waals surface area contributed by atoms with E-state index in [-0.39, 0.29) is 11.8 Å². The normalized spacial score (nSPS) is 18.3. The van der Waals surface area contributed by atoms with Gasteiger partial charge in [0.05, 0.1) is 13.2 Å². The first-order valence-corrected chi connectivity index (χ1v) is 6.99. The highest BCUT2D eigenvalue weighted by Crippen LogP contribution is 2.30. The van der Waals surface area contributed by atoms with E-state index in [4.69, 9.17) is 9.47 Å². The van der Waals surface area contributed by atoms with Crippen molar-refractivity contribution in [1.29, 1.82) is 0 Å². The van der Waals surface area contributed by atoms with Gasteiger partial charge in [-0.2, -0.15) is 0 Å². The van der Waals surface area contributed by atoms with Gasteiger partial charge in [0, 0.05) is 18.9 Å². The summed E-state index contributed by atoms with van der Waals surface area (Å²) in [6.07, 6.45) is 4.16. The van der Waals surface area contributed by atoms with E-state index in [1.807, 2.05) is 18.2 Å². The molecule has 4 nitrogen and oxygen atoms in total. The standard InChI is InChI=1S/C15H19NO3/c17-15(12-3-1-4-12)16-10-11-5-6-13-14(9-11)19-8-2-7-18-13/h5-6,9,12H,1-4,7-8,10H2,(H,16,17). The Labute approximate surface area is 113 Å². The van der Waals surface area contributed by atoms with E-state index in [0.717, 1.165) is 36.3 Å². The molecule has 0 aromatic heterocycles. The third-order valence-corrected chi connectivity index (χ3v) is 3.75. The van der Waals surface area contributed by atoms with Crippen LogP contribution in [0, 0.1) is 5.92 Å². The van der Waals surface area contributed by atoms with Crippen molar-refractivity contribution >= 4 is 5.91 Å². The minimum atomic E-state index is 0.179. The SMILES string of the molecule is O=C(NCc1ccc2c(c1)OCCCO2)C1CCC1. The summed E-state index contributed by atoms with van der Waals surface area (Å²) in [7, 11) is 0. The predicted molar refractivity (Wildman–Crippen MR) is 71.2 cm³/mol. The number of amides is 1. The summed E-state index contributed by atoms with van der Waals surface area (Å²) in [5, 5.41) is 2.99. The van der Waals surface area contributed by atoms with Crippen LogP contribution in [0.2, 0.25) is 0 Å². The minimum absolute atomic E-state index is 0.179. The maximum Gasteiger partial charge on any atom is 0.223 e. The number of hydrogen-bond donors (Lipinski definition) is 1. The molecule has 102 valence electrons. The molecule has 0 saturated heterocycles. The summed E-state index contributed by atoms with van der Waals surface area (Å²) >= 11 is 0. The lowest BCUT2D eigenvalue weighted by Crippen LogP contribution is -2.33. The van der Waals surface area contributed by atoms with Gasteiger partial charge in [0.1, 0.15) is 0 Å². The first-order chi connectivity index (χ1) is 9.33. The smallest absolute Gasteiger partial charge is 0.223 e. The molecule has 0 atom stereocenters. The summed E-state index contributed by atoms with van der Waals surface area (Å²) in [6.45, 7) is 1.95. The molecular formula is C15H19NO3. The van der Waals surface area contributed by atoms with E-state index in [1.165, 1.54) is 6.42 Å². The zero-order valence-corrected chi connectivity index (χ0v) is 11.0. The Bertz CT molecular complexity index is 468. The highest BCUT2D eigenvalue weighted by molar-refractivity contribution is 5.79. The molecule has 1 N–H and O–H groups in total. The largest absolute Gasteiger partial charge is 0.490 e. The number of fused-ring (bicyclic) bond motifs is 1. The summed E-state index contributed by atoms with van der Waals surface area (Å²) in [4.78, 5) is 11.8. The van der Waals surface area contributed by atoms with Crippen LogP contribution in [0.15, 0.2) is 18.2 Å². The third kappa shape index (κ3) is 2.83. The fourth-order valence-corrected chi connectivity index (χ4v) is 2.32. The third-order valence-electron chi connectivity index (χ3n) is 3.75. The van der Waals surface area contributed by atoms with Crippen LogP contribution in [0.1, 0.15) is 31.2 Å². The highest BCUT2D eigenvalue weighted by atomic mass is 16.5. The maximum atomic E-state index is 11.8. The molecule has 1 aromatic rings. The topological polar surface area (TPSA) is 47.6 Å². The van der Waals surface area contributed by atoms with Gasteiger partial charge >= 0.3 is 0 Å². The molecule has 0 unspecified atom stereocenters. The van der Waals surface area contributed by atoms with E-state index in [0.29, 0.717) is 19.8 Å². The van der Waals surface area contributed by atoms with Crippen LogP contribution in [0.25, 0.3) is 0 Å². The van der Waals surface area contributed by atoms with Crippen molar-refractivity contribution in [3.63, 3.8) is 0 Å². The molecule has 1 saturated carbocycles. The summed E-state index contributed by atoms with van der Waals surface area (Å²) in [5.74, 6) is 2.00. The number of carbonyl (C=O) groups excluding carboxylic acids is 1. The second-order valence-electron chi connectivity index (χ2n) is 5.18. The van der Waals surface area contributed by atoms with Gasteiger partial charge in [0.15, 0.2) is 11.5 Å². The summed E-state index contributed by atoms with van der Waals surface area (Å²) in [5.41, 5.74) is 1.05. The maximum absolute atomic E-state index is 11.8. The van der Waals surface area contributed by atoms with Crippen LogP contribution in [0.3, 0.4) is 0 Å². The average molecular weight is 261 g/mol. The first-order valence-electron chi connectivity index (χ1n) is 6.99. The lowest BCUT2D eigenvalue weighted by atomic mass is 9.85. The van der Waals surface area contributed by atoms with E-state index in [9.17, 15) is 4.79 Å². The Morgan fingerprint density at radius 3 is 2.68 bits per heavy atom. The van der Waals surface area contributed by atoms with Crippen molar-refractivity contribution in [2.45, 2.75) is 32.2 Å². The van der Waals surface area contributed by atoms with Crippen molar-refractivity contribution in [1.82, 2.24) is 5.32 Å². The molecule has 2 aliphatic rings. The number of ether oxygens (including phenoxy) is 2. The number of carbonyl (C=O) groups is 1. The van der Waals surface area contributed by atoms with Crippen molar-refractivity contribution in [2.75, 3.05) is 13.2 Å². The zero-order chi connectivity index (χ0) is 13.1. The molecule has 4 heteroatoms. The Morgan fingerprint density at radius 1 is 1.16 bits per heavy atom. The molecule has 1 aliphatic carbocycles. The molecular weight excluding hydrogens is 242 g/mol. The summed E-state index contributed by atoms with van der Waals surface area (Å²) in [6, 6.07) is 5.86. The fraction of sp³-hybridized carbons (Fsp3) is 0.533. The molecule has 19 heavy (non-hydrogen) atoms. The number of hydrogen-bond acceptors (Lipinski definition) is 3. The Hall–Kier alpha value is -1.71. The van der Waals surface area contributed by atoms with E-state index < -0.39 is 0 Å². The van der Waals surface area contributed by atoms with Crippen LogP contribution < -0.4 is 14.8 Å². The average Bonchev–Trinajstić information content (AvgIpc) is 2.58. The van der Waals surface area contributed by atoms with Crippen LogP contribution in [0.5, 0.6) is 11.5 Å². The van der Waals surface area contributed by atoms with Crippen LogP contribution in [0.4, 0.5) is 0 Å². The van der Waals surface area contributed by atoms with Crippen molar-refractivity contribution in [3.8, 4) is 11.5 Å². The Morgan fingerprint density at radius 2 is 1.95 bits per heavy atom. The fourth-order valence-electron chi connectivity index (χ4n) is 2.32. The highest BCUT2D eigenvalue weighted by Gasteiger charge is 2.24. The van der Waals surface area contributed by atoms with Gasteiger partial charge in [-0.15, -0.1) is 0 Å². The molecule has 3 rings (SSSR count). The van der Waals surface area contributed by atoms with Gasteiger partial charge in [-0.1, -0.05) is 12.5 Å². The molecule has 0 spiro atoms. The predicted octanol–water partition coefficient (Wildman–Crippen LogP) is 2.26. The second-order valence-corrected chi connectivity index (χ2v) is 5.18. The van der Waals surface area contributed by atoms with Crippen LogP contribution in [-0.2, 0) is 11.3 Å². The number of benzene rings is 1. The van der Waals surface area contributed by atoms with E-state index in [2.05, 4.69) is 5.32 Å². The molecule has 1 fully saturated rings. The van der Waals surface area contributed by atoms with Crippen LogP contribution >= 0.6 is 0 Å². The molecule has 1 amide bonds. The second kappa shape index (κ2) is 5.51. The summed E-state index contributed by atoms with van der Waals surface area (Å²) < 4.78 is 11.2. The van der Waals surface area contributed by atoms with Gasteiger partial charge in [-0.05, 0) is 30.5 Å². The lowest BCUT2D eigenvalue weighted by molar-refractivity contribution is -0.127. The van der Waals surface area contributed by atoms with Crippen LogP contribution in [-0.4, -0.2) is 19.1 Å². The van der Waals surface area contributed by atoms with Gasteiger partial charge in [0.25, 0.3) is 0 Å². The molecule has 1 aliphatic heterocycles. The quantitative estimate of drug-likeness (QED) is 0.908. The van der Waals surface area contributed by atoms with Crippen molar-refractivity contribution < 1.29 is 14.3 Å². The Balaban J connectivity index is 1.61. The van der Waals surface area contributed by atoms with Crippen molar-refractivity contribution in [3.05, 3.63) is 23.8 Å². The molecule has 0 radical (unpaired) electrons. The molecule has 0 bridgehead atoms. The minimum Gasteiger partial charge on any atom is -0.490 e. The van der Waals surface area contributed by atoms with Gasteiger partial charge in [-0.25, -0.2) is 0 Å². The van der Waals surface area contributed by atoms with E-state index in [1.54, 1.807) is 0 Å². The van der Waals surface area contributed by atoms with Gasteiger partial charge in [0.2, 0.25) is 5.91 Å². The first kappa shape index (κ1) is 12.3. The molecule has 1 aromatic carbocycles. The Kier molecular flexibility index (Phi) is 3.58. The van der Waals surface area contributed by atoms with E-state index >= 15 is 0 Å². The van der Waals surface area contributed by atoms with Crippen molar-refractivity contribution in [2.24, 2.45) is 5.92 Å². The monoisotopic (exact) mass is 261 g/mol. The lowest BCUT2D eigenvalue weighted by Gasteiger charge is -2.24. The van der Waals surface area contributed by atoms with Gasteiger partial charge < -0.3 is 14.8 Å². The molecule has 1 heterocycles. The number of rotatable bonds is 3. The number of nitrogens with one attached hydrogen (secondary N) is 1. The van der Waals surface area contributed by atoms with Gasteiger partial charge in [-0.3, -0.25) is 4.79 Å². The zero-order valence-electron chi connectivity index (χ0n) is 11.0.